The van der Waals surface area contributed by atoms with Crippen LogP contribution < -0.4 is 5.56 Å². The van der Waals surface area contributed by atoms with Crippen molar-refractivity contribution in [1.29, 1.82) is 0 Å². The molecular weight excluding hydrogens is 358 g/mol. The molecule has 0 radical (unpaired) electrons. The van der Waals surface area contributed by atoms with Crippen LogP contribution >= 0.6 is 11.6 Å². The highest BCUT2D eigenvalue weighted by atomic mass is 35.5. The number of fused-ring (bicyclic) bond motifs is 2. The van der Waals surface area contributed by atoms with E-state index < -0.39 is 5.97 Å². The number of esters is 1. The van der Waals surface area contributed by atoms with Gasteiger partial charge in [-0.3, -0.25) is 4.79 Å². The number of methoxy groups -OCH3 is 1. The van der Waals surface area contributed by atoms with Gasteiger partial charge >= 0.3 is 5.97 Å². The molecule has 0 fully saturated rings. The van der Waals surface area contributed by atoms with Crippen molar-refractivity contribution in [2.45, 2.75) is 6.54 Å². The zero-order valence-electron chi connectivity index (χ0n) is 13.6. The Morgan fingerprint density at radius 1 is 1.35 bits per heavy atom. The number of ether oxygens (including phenoxy) is 1. The van der Waals surface area contributed by atoms with E-state index in [4.69, 9.17) is 20.8 Å². The van der Waals surface area contributed by atoms with Gasteiger partial charge in [0.05, 0.1) is 24.6 Å². The van der Waals surface area contributed by atoms with Crippen LogP contribution in [0.5, 0.6) is 0 Å². The Labute approximate surface area is 151 Å². The Hall–Kier alpha value is -3.19. The fourth-order valence-electron chi connectivity index (χ4n) is 2.82. The molecule has 0 saturated carbocycles. The monoisotopic (exact) mass is 369 g/mol. The molecule has 0 N–H and O–H groups in total. The molecule has 0 amide bonds. The normalized spacial score (nSPS) is 11.2. The van der Waals surface area contributed by atoms with Gasteiger partial charge in [0, 0.05) is 22.8 Å². The molecule has 8 heteroatoms. The molecule has 0 spiro atoms. The predicted molar refractivity (Wildman–Crippen MR) is 95.5 cm³/mol. The molecule has 0 bridgehead atoms. The van der Waals surface area contributed by atoms with E-state index in [1.807, 2.05) is 0 Å². The number of halogens is 1. The van der Waals surface area contributed by atoms with Gasteiger partial charge in [-0.2, -0.15) is 0 Å². The molecule has 1 aromatic carbocycles. The number of benzene rings is 1. The summed E-state index contributed by atoms with van der Waals surface area (Å²) < 4.78 is 12.1. The summed E-state index contributed by atoms with van der Waals surface area (Å²) in [4.78, 5) is 32.5. The molecule has 26 heavy (non-hydrogen) atoms. The van der Waals surface area contributed by atoms with Gasteiger partial charge in [-0.25, -0.2) is 14.8 Å². The van der Waals surface area contributed by atoms with E-state index in [-0.39, 0.29) is 17.7 Å². The lowest BCUT2D eigenvalue weighted by molar-refractivity contribution is 0.0601. The Bertz CT molecular complexity index is 1210. The first-order chi connectivity index (χ1) is 12.6. The van der Waals surface area contributed by atoms with Gasteiger partial charge in [-0.15, -0.1) is 0 Å². The van der Waals surface area contributed by atoms with E-state index in [0.29, 0.717) is 32.7 Å². The highest BCUT2D eigenvalue weighted by Crippen LogP contribution is 2.28. The van der Waals surface area contributed by atoms with Crippen molar-refractivity contribution in [1.82, 2.24) is 14.5 Å². The highest BCUT2D eigenvalue weighted by Gasteiger charge is 2.17. The summed E-state index contributed by atoms with van der Waals surface area (Å²) in [5, 5.41) is 1.47. The first kappa shape index (κ1) is 16.3. The quantitative estimate of drug-likeness (QED) is 0.516. The number of hydrogen-bond donors (Lipinski definition) is 0. The third kappa shape index (κ3) is 2.72. The van der Waals surface area contributed by atoms with Gasteiger partial charge in [0.1, 0.15) is 23.2 Å². The average molecular weight is 370 g/mol. The third-order valence-corrected chi connectivity index (χ3v) is 4.23. The van der Waals surface area contributed by atoms with E-state index in [2.05, 4.69) is 9.97 Å². The lowest BCUT2D eigenvalue weighted by atomic mass is 10.1. The Balaban J connectivity index is 1.80. The largest absolute Gasteiger partial charge is 0.465 e. The number of nitrogens with zero attached hydrogens (tertiary/aromatic N) is 3. The minimum atomic E-state index is -0.543. The number of aromatic nitrogens is 3. The zero-order chi connectivity index (χ0) is 18.3. The summed E-state index contributed by atoms with van der Waals surface area (Å²) in [6, 6.07) is 6.65. The standard InChI is InChI=1S/C18H12ClN3O4/c1-25-18(24)13-6-11(19)4-10-5-12(26-16(10)13)8-22-3-2-15-14(17(22)23)7-20-9-21-15/h2-7,9H,8H2,1H3. The average Bonchev–Trinajstić information content (AvgIpc) is 3.05. The number of hydrogen-bond acceptors (Lipinski definition) is 6. The first-order valence-corrected chi connectivity index (χ1v) is 8.04. The Morgan fingerprint density at radius 2 is 2.19 bits per heavy atom. The topological polar surface area (TPSA) is 87.2 Å². The van der Waals surface area contributed by atoms with E-state index in [1.165, 1.54) is 30.3 Å². The van der Waals surface area contributed by atoms with E-state index in [9.17, 15) is 9.59 Å². The van der Waals surface area contributed by atoms with Crippen molar-refractivity contribution >= 4 is 39.4 Å². The molecule has 0 unspecified atom stereocenters. The molecule has 3 heterocycles. The molecule has 0 aliphatic rings. The molecule has 7 nitrogen and oxygen atoms in total. The van der Waals surface area contributed by atoms with Crippen LogP contribution in [0.3, 0.4) is 0 Å². The molecule has 4 rings (SSSR count). The molecule has 0 atom stereocenters. The number of rotatable bonds is 3. The first-order valence-electron chi connectivity index (χ1n) is 7.66. The summed E-state index contributed by atoms with van der Waals surface area (Å²) in [6.07, 6.45) is 4.51. The van der Waals surface area contributed by atoms with Crippen LogP contribution in [-0.4, -0.2) is 27.6 Å². The maximum Gasteiger partial charge on any atom is 0.341 e. The fourth-order valence-corrected chi connectivity index (χ4v) is 3.05. The number of carbonyl (C=O) groups is 1. The SMILES string of the molecule is COC(=O)c1cc(Cl)cc2cc(Cn3ccc4ncncc4c3=O)oc12. The van der Waals surface area contributed by atoms with Crippen LogP contribution in [-0.2, 0) is 11.3 Å². The van der Waals surface area contributed by atoms with Crippen LogP contribution in [0.15, 0.2) is 52.2 Å². The van der Waals surface area contributed by atoms with Crippen LogP contribution in [0.2, 0.25) is 5.02 Å². The Kier molecular flexibility index (Phi) is 3.93. The highest BCUT2D eigenvalue weighted by molar-refractivity contribution is 6.32. The van der Waals surface area contributed by atoms with Crippen LogP contribution in [0.25, 0.3) is 21.9 Å². The van der Waals surface area contributed by atoms with E-state index in [1.54, 1.807) is 24.4 Å². The molecule has 130 valence electrons. The van der Waals surface area contributed by atoms with Crippen molar-refractivity contribution in [2.24, 2.45) is 0 Å². The Morgan fingerprint density at radius 3 is 3.00 bits per heavy atom. The number of carbonyl (C=O) groups excluding carboxylic acids is 1. The van der Waals surface area contributed by atoms with Crippen molar-refractivity contribution in [3.05, 3.63) is 69.7 Å². The summed E-state index contributed by atoms with van der Waals surface area (Å²) in [7, 11) is 1.29. The second kappa shape index (κ2) is 6.27. The molecule has 4 aromatic rings. The predicted octanol–water partition coefficient (Wildman–Crippen LogP) is 3.03. The van der Waals surface area contributed by atoms with Crippen molar-refractivity contribution in [2.75, 3.05) is 7.11 Å². The minimum absolute atomic E-state index is 0.191. The zero-order valence-corrected chi connectivity index (χ0v) is 14.4. The van der Waals surface area contributed by atoms with Gasteiger partial charge in [0.2, 0.25) is 0 Å². The van der Waals surface area contributed by atoms with E-state index in [0.717, 1.165) is 0 Å². The van der Waals surface area contributed by atoms with Gasteiger partial charge in [0.25, 0.3) is 5.56 Å². The van der Waals surface area contributed by atoms with Crippen LogP contribution in [0, 0.1) is 0 Å². The molecule has 0 saturated heterocycles. The summed E-state index contributed by atoms with van der Waals surface area (Å²) in [5.74, 6) is -0.0378. The van der Waals surface area contributed by atoms with Crippen molar-refractivity contribution in [3.8, 4) is 0 Å². The molecular formula is C18H12ClN3O4. The summed E-state index contributed by atoms with van der Waals surface area (Å²) >= 11 is 6.07. The maximum atomic E-state index is 12.6. The van der Waals surface area contributed by atoms with Crippen molar-refractivity contribution < 1.29 is 13.9 Å². The van der Waals surface area contributed by atoms with Gasteiger partial charge in [-0.1, -0.05) is 11.6 Å². The van der Waals surface area contributed by atoms with Crippen LogP contribution in [0.1, 0.15) is 16.1 Å². The number of pyridine rings is 1. The van der Waals surface area contributed by atoms with Crippen molar-refractivity contribution in [3.63, 3.8) is 0 Å². The lowest BCUT2D eigenvalue weighted by Gasteiger charge is -2.04. The smallest absolute Gasteiger partial charge is 0.341 e. The van der Waals surface area contributed by atoms with E-state index >= 15 is 0 Å². The second-order valence-electron chi connectivity index (χ2n) is 5.65. The van der Waals surface area contributed by atoms with Crippen LogP contribution in [0.4, 0.5) is 0 Å². The maximum absolute atomic E-state index is 12.6. The molecule has 0 aliphatic carbocycles. The summed E-state index contributed by atoms with van der Waals surface area (Å²) in [5.41, 5.74) is 0.953. The fraction of sp³-hybridized carbons (Fsp3) is 0.111. The summed E-state index contributed by atoms with van der Waals surface area (Å²) in [6.45, 7) is 0.191. The number of furan rings is 1. The van der Waals surface area contributed by atoms with Gasteiger partial charge in [-0.05, 0) is 24.3 Å². The second-order valence-corrected chi connectivity index (χ2v) is 6.08. The minimum Gasteiger partial charge on any atom is -0.465 e. The lowest BCUT2D eigenvalue weighted by Crippen LogP contribution is -2.20. The van der Waals surface area contributed by atoms with Gasteiger partial charge in [0.15, 0.2) is 0 Å². The molecule has 3 aromatic heterocycles. The van der Waals surface area contributed by atoms with Gasteiger partial charge < -0.3 is 13.7 Å². The third-order valence-electron chi connectivity index (χ3n) is 4.01. The molecule has 0 aliphatic heterocycles.